The van der Waals surface area contributed by atoms with Crippen LogP contribution in [0.15, 0.2) is 42.7 Å². The predicted octanol–water partition coefficient (Wildman–Crippen LogP) is 2.23. The number of amides is 2. The highest BCUT2D eigenvalue weighted by molar-refractivity contribution is 7.19. The minimum absolute atomic E-state index is 0.0201. The molecule has 1 aromatic carbocycles. The molecule has 1 aliphatic carbocycles. The minimum Gasteiger partial charge on any atom is -0.453 e. The smallest absolute Gasteiger partial charge is 0.413 e. The molecule has 1 N–H and O–H groups in total. The molecular weight excluding hydrogens is 513 g/mol. The third kappa shape index (κ3) is 5.30. The van der Waals surface area contributed by atoms with Crippen LogP contribution in [-0.4, -0.2) is 90.7 Å². The number of nitrogens with zero attached hydrogens (tertiary/aromatic N) is 6. The number of aryl methyl sites for hydroxylation is 1. The van der Waals surface area contributed by atoms with Crippen LogP contribution in [-0.2, 0) is 17.6 Å². The Kier molecular flexibility index (Phi) is 7.49. The lowest BCUT2D eigenvalue weighted by Crippen LogP contribution is -2.34. The third-order valence-corrected chi connectivity index (χ3v) is 7.76. The van der Waals surface area contributed by atoms with Gasteiger partial charge in [0, 0.05) is 49.2 Å². The third-order valence-electron chi connectivity index (χ3n) is 6.74. The Bertz CT molecular complexity index is 1530. The van der Waals surface area contributed by atoms with Crippen LogP contribution in [0.25, 0.3) is 27.5 Å². The fourth-order valence-electron chi connectivity index (χ4n) is 4.67. The molecule has 2 amide bonds. The first kappa shape index (κ1) is 26.6. The first-order valence-corrected chi connectivity index (χ1v) is 13.5. The highest BCUT2D eigenvalue weighted by Crippen LogP contribution is 2.43. The van der Waals surface area contributed by atoms with Gasteiger partial charge in [-0.2, -0.15) is 5.10 Å². The molecule has 0 atom stereocenters. The van der Waals surface area contributed by atoms with E-state index < -0.39 is 6.09 Å². The summed E-state index contributed by atoms with van der Waals surface area (Å²) in [5, 5.41) is 8.26. The monoisotopic (exact) mass is 543 g/mol. The molecule has 10 nitrogen and oxygen atoms in total. The van der Waals surface area contributed by atoms with Crippen molar-refractivity contribution >= 4 is 41.8 Å². The number of benzene rings is 1. The number of hydrogen-bond donors (Lipinski definition) is 1. The van der Waals surface area contributed by atoms with Gasteiger partial charge < -0.3 is 14.5 Å². The van der Waals surface area contributed by atoms with E-state index in [1.54, 1.807) is 11.1 Å². The molecule has 0 saturated heterocycles. The first-order valence-electron chi connectivity index (χ1n) is 12.7. The second-order valence-corrected chi connectivity index (χ2v) is 10.8. The Morgan fingerprint density at radius 1 is 1.18 bits per heavy atom. The molecule has 0 aliphatic heterocycles. The van der Waals surface area contributed by atoms with E-state index in [9.17, 15) is 9.59 Å². The van der Waals surface area contributed by atoms with E-state index >= 15 is 0 Å². The number of pyridine rings is 1. The number of aromatic nitrogens is 4. The van der Waals surface area contributed by atoms with E-state index in [0.29, 0.717) is 17.2 Å². The molecule has 5 rings (SSSR count). The van der Waals surface area contributed by atoms with Crippen molar-refractivity contribution in [1.82, 2.24) is 29.5 Å². The Hall–Kier alpha value is -4.03. The number of carbonyl (C=O) groups is 2. The number of ether oxygens (including phenoxy) is 1. The molecule has 3 aromatic heterocycles. The van der Waals surface area contributed by atoms with E-state index in [1.807, 2.05) is 70.2 Å². The second-order valence-electron chi connectivity index (χ2n) is 9.77. The lowest BCUT2D eigenvalue weighted by Gasteiger charge is -2.20. The fraction of sp³-hybridized carbons (Fsp3) is 0.296. The van der Waals surface area contributed by atoms with Crippen LogP contribution in [0.4, 0.5) is 9.93 Å². The van der Waals surface area contributed by atoms with Crippen LogP contribution < -0.4 is 10.8 Å². The number of carbonyl (C=O) groups excluding carboxylic acids is 2. The normalized spacial score (nSPS) is 12.1. The minimum atomic E-state index is -0.558. The number of thiazole rings is 1. The number of likely N-dealkylation sites (N-methyl/N-ethyl adjacent to an activating group) is 2. The molecule has 1 aliphatic rings. The molecule has 4 aromatic rings. The summed E-state index contributed by atoms with van der Waals surface area (Å²) < 4.78 is 6.70. The van der Waals surface area contributed by atoms with Crippen LogP contribution in [0.5, 0.6) is 0 Å². The molecule has 12 heteroatoms. The standard InChI is InChI=1S/C27H30BN7O3S/c1-33(2)12-13-34(3)25(36)16-7-10-21(19(28)14-16)35-23-18(22(32-35)17-6-5-11-29-15-17)8-9-20-24(23)39-26(30-20)31-27(37)38-4/h5-7,10-11,14-15H,8-9,12-13,28H2,1-4H3,(H,30,31,37). The van der Waals surface area contributed by atoms with Crippen molar-refractivity contribution in [2.24, 2.45) is 0 Å². The summed E-state index contributed by atoms with van der Waals surface area (Å²) in [5.74, 6) is -0.0201. The van der Waals surface area contributed by atoms with Crippen molar-refractivity contribution in [3.63, 3.8) is 0 Å². The van der Waals surface area contributed by atoms with E-state index in [0.717, 1.165) is 63.6 Å². The van der Waals surface area contributed by atoms with Gasteiger partial charge in [0.25, 0.3) is 5.91 Å². The summed E-state index contributed by atoms with van der Waals surface area (Å²) in [5.41, 5.74) is 7.18. The zero-order valence-electron chi connectivity index (χ0n) is 22.7. The van der Waals surface area contributed by atoms with E-state index in [2.05, 4.69) is 20.2 Å². The van der Waals surface area contributed by atoms with Crippen LogP contribution >= 0.6 is 11.3 Å². The molecule has 200 valence electrons. The SMILES string of the molecule is Bc1cc(C(=O)N(C)CCN(C)C)ccc1-n1nc(-c2cccnc2)c2c1-c1sc(NC(=O)OC)nc1CC2. The average molecular weight is 543 g/mol. The van der Waals surface area contributed by atoms with Gasteiger partial charge in [-0.1, -0.05) is 22.9 Å². The van der Waals surface area contributed by atoms with E-state index in [-0.39, 0.29) is 5.91 Å². The topological polar surface area (TPSA) is 105 Å². The highest BCUT2D eigenvalue weighted by Gasteiger charge is 2.30. The average Bonchev–Trinajstić information content (AvgIpc) is 3.52. The first-order chi connectivity index (χ1) is 18.8. The highest BCUT2D eigenvalue weighted by atomic mass is 32.1. The summed E-state index contributed by atoms with van der Waals surface area (Å²) in [6.45, 7) is 1.43. The van der Waals surface area contributed by atoms with Crippen molar-refractivity contribution in [3.8, 4) is 27.5 Å². The molecule has 3 heterocycles. The molecule has 0 bridgehead atoms. The van der Waals surface area contributed by atoms with Crippen molar-refractivity contribution < 1.29 is 14.3 Å². The Morgan fingerprint density at radius 2 is 2.00 bits per heavy atom. The number of hydrogen-bond acceptors (Lipinski definition) is 8. The summed E-state index contributed by atoms with van der Waals surface area (Å²) >= 11 is 1.40. The lowest BCUT2D eigenvalue weighted by molar-refractivity contribution is 0.0786. The largest absolute Gasteiger partial charge is 0.453 e. The summed E-state index contributed by atoms with van der Waals surface area (Å²) in [7, 11) is 9.12. The van der Waals surface area contributed by atoms with Gasteiger partial charge in [-0.3, -0.25) is 15.1 Å². The fourth-order valence-corrected chi connectivity index (χ4v) is 5.72. The molecule has 0 fully saturated rings. The summed E-state index contributed by atoms with van der Waals surface area (Å²) in [6.07, 6.45) is 4.48. The van der Waals surface area contributed by atoms with Crippen LogP contribution in [0.2, 0.25) is 0 Å². The predicted molar refractivity (Wildman–Crippen MR) is 155 cm³/mol. The Morgan fingerprint density at radius 3 is 2.69 bits per heavy atom. The summed E-state index contributed by atoms with van der Waals surface area (Å²) in [6, 6.07) is 9.63. The van der Waals surface area contributed by atoms with Crippen molar-refractivity contribution in [2.75, 3.05) is 46.7 Å². The maximum absolute atomic E-state index is 13.1. The van der Waals surface area contributed by atoms with E-state index in [4.69, 9.17) is 9.84 Å². The maximum Gasteiger partial charge on any atom is 0.413 e. The van der Waals surface area contributed by atoms with Gasteiger partial charge in [-0.25, -0.2) is 14.5 Å². The molecular formula is C27H30BN7O3S. The quantitative estimate of drug-likeness (QED) is 0.357. The van der Waals surface area contributed by atoms with Gasteiger partial charge in [0.1, 0.15) is 7.85 Å². The number of methoxy groups -OCH3 is 1. The number of fused-ring (bicyclic) bond motifs is 3. The molecule has 0 unspecified atom stereocenters. The van der Waals surface area contributed by atoms with Crippen molar-refractivity contribution in [3.05, 3.63) is 59.5 Å². The van der Waals surface area contributed by atoms with Crippen LogP contribution in [0.3, 0.4) is 0 Å². The van der Waals surface area contributed by atoms with Crippen LogP contribution in [0, 0.1) is 0 Å². The number of anilines is 1. The lowest BCUT2D eigenvalue weighted by atomic mass is 9.91. The van der Waals surface area contributed by atoms with Gasteiger partial charge in [0.05, 0.1) is 34.8 Å². The second kappa shape index (κ2) is 11.0. The van der Waals surface area contributed by atoms with Gasteiger partial charge in [0.2, 0.25) is 0 Å². The number of rotatable bonds is 7. The molecule has 0 spiro atoms. The summed E-state index contributed by atoms with van der Waals surface area (Å²) in [4.78, 5) is 38.6. The number of nitrogens with one attached hydrogen (secondary N) is 1. The molecule has 0 saturated carbocycles. The van der Waals surface area contributed by atoms with Gasteiger partial charge in [0.15, 0.2) is 5.13 Å². The van der Waals surface area contributed by atoms with Gasteiger partial charge >= 0.3 is 6.09 Å². The van der Waals surface area contributed by atoms with Crippen LogP contribution in [0.1, 0.15) is 21.6 Å². The Balaban J connectivity index is 1.59. The van der Waals surface area contributed by atoms with Crippen molar-refractivity contribution in [1.29, 1.82) is 0 Å². The zero-order valence-corrected chi connectivity index (χ0v) is 23.5. The van der Waals surface area contributed by atoms with E-state index in [1.165, 1.54) is 18.4 Å². The van der Waals surface area contributed by atoms with Crippen molar-refractivity contribution in [2.45, 2.75) is 12.8 Å². The van der Waals surface area contributed by atoms with Gasteiger partial charge in [-0.05, 0) is 51.2 Å². The Labute approximate surface area is 232 Å². The molecule has 39 heavy (non-hydrogen) atoms. The molecule has 0 radical (unpaired) electrons. The van der Waals surface area contributed by atoms with Gasteiger partial charge in [-0.15, -0.1) is 0 Å². The zero-order chi connectivity index (χ0) is 27.7. The maximum atomic E-state index is 13.1.